The third-order valence-electron chi connectivity index (χ3n) is 3.99. The number of pyridine rings is 1. The number of nitrogens with two attached hydrogens (primary N) is 1. The molecule has 1 aliphatic carbocycles. The van der Waals surface area contributed by atoms with Crippen molar-refractivity contribution < 1.29 is 4.74 Å². The number of methoxy groups -OCH3 is 1. The SMILES string of the molecule is COCC(C)Nc1nc(C#N)cc2cnc(NC3CC(N)C3)nc12. The molecule has 0 aliphatic heterocycles. The molecular formula is C16H21N7O. The summed E-state index contributed by atoms with van der Waals surface area (Å²) in [7, 11) is 1.64. The van der Waals surface area contributed by atoms with Gasteiger partial charge in [0.15, 0.2) is 5.82 Å². The number of hydrogen-bond donors (Lipinski definition) is 3. The molecule has 0 saturated heterocycles. The molecule has 1 fully saturated rings. The van der Waals surface area contributed by atoms with Gasteiger partial charge in [-0.15, -0.1) is 0 Å². The van der Waals surface area contributed by atoms with Gasteiger partial charge in [-0.3, -0.25) is 0 Å². The molecule has 0 radical (unpaired) electrons. The van der Waals surface area contributed by atoms with E-state index in [1.165, 1.54) is 0 Å². The van der Waals surface area contributed by atoms with Gasteiger partial charge in [-0.1, -0.05) is 0 Å². The number of aromatic nitrogens is 3. The first kappa shape index (κ1) is 16.4. The Morgan fingerprint density at radius 1 is 1.46 bits per heavy atom. The molecule has 1 saturated carbocycles. The fourth-order valence-electron chi connectivity index (χ4n) is 2.75. The minimum Gasteiger partial charge on any atom is -0.383 e. The zero-order valence-corrected chi connectivity index (χ0v) is 13.8. The van der Waals surface area contributed by atoms with E-state index < -0.39 is 0 Å². The Labute approximate surface area is 140 Å². The molecule has 0 spiro atoms. The molecule has 2 aromatic heterocycles. The van der Waals surface area contributed by atoms with Crippen LogP contribution in [0.25, 0.3) is 10.9 Å². The van der Waals surface area contributed by atoms with Crippen molar-refractivity contribution in [3.63, 3.8) is 0 Å². The van der Waals surface area contributed by atoms with Crippen molar-refractivity contribution in [2.75, 3.05) is 24.4 Å². The standard InChI is InChI=1S/C16H21N7O/c1-9(8-24-2)20-15-14-10(3-13(6-17)21-15)7-19-16(23-14)22-12-4-11(18)5-12/h3,7,9,11-12H,4-5,8,18H2,1-2H3,(H,20,21)(H,19,22,23). The van der Waals surface area contributed by atoms with E-state index in [-0.39, 0.29) is 12.1 Å². The Hall–Kier alpha value is -2.50. The number of nitriles is 1. The third kappa shape index (κ3) is 3.53. The summed E-state index contributed by atoms with van der Waals surface area (Å²) in [4.78, 5) is 13.2. The number of fused-ring (bicyclic) bond motifs is 1. The normalized spacial score (nSPS) is 20.9. The molecule has 126 valence electrons. The molecule has 0 aromatic carbocycles. The zero-order valence-electron chi connectivity index (χ0n) is 13.8. The van der Waals surface area contributed by atoms with E-state index >= 15 is 0 Å². The maximum absolute atomic E-state index is 9.17. The maximum Gasteiger partial charge on any atom is 0.223 e. The topological polar surface area (TPSA) is 122 Å². The van der Waals surface area contributed by atoms with E-state index in [1.807, 2.05) is 6.92 Å². The minimum atomic E-state index is 0.0376. The van der Waals surface area contributed by atoms with Gasteiger partial charge in [-0.05, 0) is 25.8 Å². The van der Waals surface area contributed by atoms with E-state index in [0.29, 0.717) is 35.6 Å². The van der Waals surface area contributed by atoms with Crippen molar-refractivity contribution in [1.82, 2.24) is 15.0 Å². The number of nitrogens with one attached hydrogen (secondary N) is 2. The van der Waals surface area contributed by atoms with Crippen LogP contribution in [0.2, 0.25) is 0 Å². The van der Waals surface area contributed by atoms with E-state index in [1.54, 1.807) is 19.4 Å². The summed E-state index contributed by atoms with van der Waals surface area (Å²) in [6.07, 6.45) is 3.55. The quantitative estimate of drug-likeness (QED) is 0.724. The lowest BCUT2D eigenvalue weighted by atomic mass is 9.88. The Kier molecular flexibility index (Phi) is 4.74. The Balaban J connectivity index is 1.91. The Morgan fingerprint density at radius 3 is 2.92 bits per heavy atom. The van der Waals surface area contributed by atoms with Crippen LogP contribution in [0.3, 0.4) is 0 Å². The van der Waals surface area contributed by atoms with E-state index in [2.05, 4.69) is 31.7 Å². The maximum atomic E-state index is 9.17. The first-order valence-electron chi connectivity index (χ1n) is 7.94. The molecule has 1 aliphatic rings. The first-order chi connectivity index (χ1) is 11.6. The lowest BCUT2D eigenvalue weighted by Gasteiger charge is -2.32. The van der Waals surface area contributed by atoms with E-state index in [4.69, 9.17) is 15.7 Å². The molecule has 1 atom stereocenters. The minimum absolute atomic E-state index is 0.0376. The second-order valence-corrected chi connectivity index (χ2v) is 6.17. The van der Waals surface area contributed by atoms with Gasteiger partial charge in [-0.2, -0.15) is 5.26 Å². The van der Waals surface area contributed by atoms with Crippen LogP contribution in [-0.2, 0) is 4.74 Å². The number of rotatable bonds is 6. The van der Waals surface area contributed by atoms with Gasteiger partial charge in [0.1, 0.15) is 17.3 Å². The van der Waals surface area contributed by atoms with Crippen LogP contribution in [-0.4, -0.2) is 46.8 Å². The van der Waals surface area contributed by atoms with Crippen LogP contribution in [0.5, 0.6) is 0 Å². The number of hydrogen-bond acceptors (Lipinski definition) is 8. The number of ether oxygens (including phenoxy) is 1. The highest BCUT2D eigenvalue weighted by Crippen LogP contribution is 2.25. The average Bonchev–Trinajstić information content (AvgIpc) is 2.53. The van der Waals surface area contributed by atoms with Crippen LogP contribution in [0.15, 0.2) is 12.3 Å². The third-order valence-corrected chi connectivity index (χ3v) is 3.99. The van der Waals surface area contributed by atoms with Gasteiger partial charge in [0, 0.05) is 36.8 Å². The Morgan fingerprint density at radius 2 is 2.25 bits per heavy atom. The largest absolute Gasteiger partial charge is 0.383 e. The van der Waals surface area contributed by atoms with Crippen LogP contribution in [0.4, 0.5) is 11.8 Å². The highest BCUT2D eigenvalue weighted by Gasteiger charge is 2.26. The number of nitrogens with zero attached hydrogens (tertiary/aromatic N) is 4. The lowest BCUT2D eigenvalue weighted by Crippen LogP contribution is -2.44. The molecule has 8 nitrogen and oxygen atoms in total. The van der Waals surface area contributed by atoms with Gasteiger partial charge in [0.05, 0.1) is 6.61 Å². The zero-order chi connectivity index (χ0) is 17.1. The van der Waals surface area contributed by atoms with Crippen LogP contribution in [0, 0.1) is 11.3 Å². The molecule has 2 heterocycles. The summed E-state index contributed by atoms with van der Waals surface area (Å²) in [5.41, 5.74) is 6.81. The van der Waals surface area contributed by atoms with E-state index in [0.717, 1.165) is 18.2 Å². The van der Waals surface area contributed by atoms with Crippen molar-refractivity contribution in [1.29, 1.82) is 5.26 Å². The summed E-state index contributed by atoms with van der Waals surface area (Å²) < 4.78 is 5.14. The molecule has 3 rings (SSSR count). The monoisotopic (exact) mass is 327 g/mol. The molecule has 0 bridgehead atoms. The lowest BCUT2D eigenvalue weighted by molar-refractivity contribution is 0.190. The van der Waals surface area contributed by atoms with Gasteiger partial charge < -0.3 is 21.1 Å². The summed E-state index contributed by atoms with van der Waals surface area (Å²) in [5.74, 6) is 1.11. The highest BCUT2D eigenvalue weighted by molar-refractivity contribution is 5.89. The van der Waals surface area contributed by atoms with Crippen molar-refractivity contribution in [3.05, 3.63) is 18.0 Å². The van der Waals surface area contributed by atoms with Gasteiger partial charge in [0.25, 0.3) is 0 Å². The second kappa shape index (κ2) is 6.95. The smallest absolute Gasteiger partial charge is 0.223 e. The predicted molar refractivity (Wildman–Crippen MR) is 91.6 cm³/mol. The first-order valence-corrected chi connectivity index (χ1v) is 7.94. The summed E-state index contributed by atoms with van der Waals surface area (Å²) in [6.45, 7) is 2.50. The van der Waals surface area contributed by atoms with Crippen LogP contribution in [0.1, 0.15) is 25.5 Å². The molecule has 2 aromatic rings. The van der Waals surface area contributed by atoms with E-state index in [9.17, 15) is 0 Å². The van der Waals surface area contributed by atoms with Gasteiger partial charge in [0.2, 0.25) is 5.95 Å². The van der Waals surface area contributed by atoms with Gasteiger partial charge in [-0.25, -0.2) is 15.0 Å². The summed E-state index contributed by atoms with van der Waals surface area (Å²) in [6, 6.07) is 4.36. The van der Waals surface area contributed by atoms with Crippen molar-refractivity contribution in [2.45, 2.75) is 37.9 Å². The average molecular weight is 327 g/mol. The van der Waals surface area contributed by atoms with Crippen LogP contribution >= 0.6 is 0 Å². The predicted octanol–water partition coefficient (Wildman–Crippen LogP) is 1.24. The Bertz CT molecular complexity index is 767. The molecule has 0 amide bonds. The molecular weight excluding hydrogens is 306 g/mol. The van der Waals surface area contributed by atoms with Crippen molar-refractivity contribution in [3.8, 4) is 6.07 Å². The highest BCUT2D eigenvalue weighted by atomic mass is 16.5. The molecule has 24 heavy (non-hydrogen) atoms. The van der Waals surface area contributed by atoms with Crippen LogP contribution < -0.4 is 16.4 Å². The molecule has 4 N–H and O–H groups in total. The fraction of sp³-hybridized carbons (Fsp3) is 0.500. The van der Waals surface area contributed by atoms with Crippen molar-refractivity contribution in [2.24, 2.45) is 5.73 Å². The van der Waals surface area contributed by atoms with Gasteiger partial charge >= 0.3 is 0 Å². The number of anilines is 2. The molecule has 8 heteroatoms. The van der Waals surface area contributed by atoms with Crippen molar-refractivity contribution >= 4 is 22.7 Å². The second-order valence-electron chi connectivity index (χ2n) is 6.17. The summed E-state index contributed by atoms with van der Waals surface area (Å²) >= 11 is 0. The molecule has 1 unspecified atom stereocenters. The fourth-order valence-corrected chi connectivity index (χ4v) is 2.75. The summed E-state index contributed by atoms with van der Waals surface area (Å²) in [5, 5.41) is 16.5.